The Morgan fingerprint density at radius 1 is 1.06 bits per heavy atom. The van der Waals surface area contributed by atoms with Crippen molar-refractivity contribution in [2.75, 3.05) is 32.8 Å². The van der Waals surface area contributed by atoms with Gasteiger partial charge in [0.2, 0.25) is 5.78 Å². The van der Waals surface area contributed by atoms with Crippen LogP contribution in [-0.4, -0.2) is 60.8 Å². The first-order valence-electron chi connectivity index (χ1n) is 11.1. The molecule has 0 bridgehead atoms. The third-order valence-corrected chi connectivity index (χ3v) is 6.91. The maximum Gasteiger partial charge on any atom is 0.332 e. The van der Waals surface area contributed by atoms with Gasteiger partial charge < -0.3 is 4.74 Å². The molecule has 10 heteroatoms. The van der Waals surface area contributed by atoms with E-state index in [2.05, 4.69) is 4.90 Å². The Balaban J connectivity index is 1.73. The topological polar surface area (TPSA) is 78.7 Å². The molecule has 0 amide bonds. The summed E-state index contributed by atoms with van der Waals surface area (Å²) in [5.41, 5.74) is 3.88. The second-order valence-electron chi connectivity index (χ2n) is 8.61. The van der Waals surface area contributed by atoms with Crippen molar-refractivity contribution in [3.8, 4) is 5.69 Å². The Labute approximate surface area is 195 Å². The summed E-state index contributed by atoms with van der Waals surface area (Å²) in [5, 5.41) is 0.619. The van der Waals surface area contributed by atoms with Crippen LogP contribution in [0.25, 0.3) is 22.6 Å². The van der Waals surface area contributed by atoms with E-state index in [0.717, 1.165) is 35.7 Å². The van der Waals surface area contributed by atoms with Gasteiger partial charge in [0.05, 0.1) is 18.9 Å². The Bertz CT molecular complexity index is 1500. The smallest absolute Gasteiger partial charge is 0.332 e. The summed E-state index contributed by atoms with van der Waals surface area (Å²) >= 11 is 6.30. The Morgan fingerprint density at radius 2 is 1.79 bits per heavy atom. The number of rotatable bonds is 4. The monoisotopic (exact) mass is 470 g/mol. The molecule has 0 unspecified atom stereocenters. The van der Waals surface area contributed by atoms with Gasteiger partial charge in [0, 0.05) is 49.6 Å². The van der Waals surface area contributed by atoms with Gasteiger partial charge in [-0.3, -0.25) is 27.8 Å². The molecule has 1 aliphatic heterocycles. The molecule has 1 saturated heterocycles. The van der Waals surface area contributed by atoms with Crippen molar-refractivity contribution in [2.45, 2.75) is 27.3 Å². The molecule has 33 heavy (non-hydrogen) atoms. The zero-order chi connectivity index (χ0) is 23.4. The molecule has 4 heterocycles. The molecular formula is C23H27ClN6O3. The molecule has 4 aromatic rings. The molecule has 1 fully saturated rings. The van der Waals surface area contributed by atoms with Gasteiger partial charge in [-0.15, -0.1) is 0 Å². The number of aromatic nitrogens is 5. The fourth-order valence-electron chi connectivity index (χ4n) is 4.63. The number of fused-ring (bicyclic) bond motifs is 3. The van der Waals surface area contributed by atoms with Crippen molar-refractivity contribution in [2.24, 2.45) is 7.05 Å². The van der Waals surface area contributed by atoms with Gasteiger partial charge in [-0.2, -0.15) is 4.98 Å². The molecule has 0 radical (unpaired) electrons. The number of hydrogen-bond acceptors (Lipinski definition) is 5. The predicted octanol–water partition coefficient (Wildman–Crippen LogP) is 2.05. The van der Waals surface area contributed by atoms with Crippen LogP contribution in [0.4, 0.5) is 0 Å². The first kappa shape index (κ1) is 21.9. The number of aryl methyl sites for hydroxylation is 3. The second kappa shape index (κ2) is 8.16. The molecular weight excluding hydrogens is 444 g/mol. The highest BCUT2D eigenvalue weighted by Crippen LogP contribution is 2.28. The van der Waals surface area contributed by atoms with Crippen LogP contribution in [0.1, 0.15) is 17.0 Å². The maximum atomic E-state index is 13.6. The number of hydrogen-bond donors (Lipinski definition) is 0. The number of nitrogens with zero attached hydrogens (tertiary/aromatic N) is 6. The lowest BCUT2D eigenvalue weighted by atomic mass is 10.2. The van der Waals surface area contributed by atoms with E-state index in [1.165, 1.54) is 9.13 Å². The van der Waals surface area contributed by atoms with Gasteiger partial charge in [0.15, 0.2) is 11.2 Å². The SMILES string of the molecule is Cc1ccc(Cl)cc1-n1c(C)c(C)n2c3c(=O)n(CCN4CCOCC4)c(=O)n(C)c3nc12. The quantitative estimate of drug-likeness (QED) is 0.456. The molecule has 5 rings (SSSR count). The Kier molecular flexibility index (Phi) is 5.43. The highest BCUT2D eigenvalue weighted by atomic mass is 35.5. The van der Waals surface area contributed by atoms with Crippen LogP contribution in [-0.2, 0) is 18.3 Å². The standard InChI is InChI=1S/C23H27ClN6O3/c1-14-5-6-17(24)13-18(14)29-15(2)16(3)30-19-20(25-22(29)30)26(4)23(32)28(21(19)31)8-7-27-9-11-33-12-10-27/h5-6,13H,7-12H2,1-4H3. The van der Waals surface area contributed by atoms with Crippen LogP contribution in [0.3, 0.4) is 0 Å². The van der Waals surface area contributed by atoms with E-state index < -0.39 is 0 Å². The predicted molar refractivity (Wildman–Crippen MR) is 128 cm³/mol. The lowest BCUT2D eigenvalue weighted by Crippen LogP contribution is -2.44. The van der Waals surface area contributed by atoms with Gasteiger partial charge in [-0.25, -0.2) is 4.79 Å². The molecule has 0 saturated carbocycles. The largest absolute Gasteiger partial charge is 0.379 e. The molecule has 0 spiro atoms. The van der Waals surface area contributed by atoms with Gasteiger partial charge >= 0.3 is 5.69 Å². The van der Waals surface area contributed by atoms with E-state index in [1.54, 1.807) is 7.05 Å². The van der Waals surface area contributed by atoms with Crippen molar-refractivity contribution < 1.29 is 4.74 Å². The molecule has 1 aromatic carbocycles. The fourth-order valence-corrected chi connectivity index (χ4v) is 4.79. The van der Waals surface area contributed by atoms with Crippen molar-refractivity contribution >= 4 is 28.5 Å². The summed E-state index contributed by atoms with van der Waals surface area (Å²) in [6.45, 7) is 9.84. The third kappa shape index (κ3) is 3.42. The first-order chi connectivity index (χ1) is 15.8. The molecule has 1 aliphatic rings. The number of imidazole rings is 2. The highest BCUT2D eigenvalue weighted by Gasteiger charge is 2.24. The minimum absolute atomic E-state index is 0.320. The molecule has 9 nitrogen and oxygen atoms in total. The first-order valence-corrected chi connectivity index (χ1v) is 11.4. The molecule has 0 atom stereocenters. The van der Waals surface area contributed by atoms with E-state index in [0.29, 0.717) is 48.3 Å². The van der Waals surface area contributed by atoms with E-state index in [1.807, 2.05) is 47.9 Å². The Hall–Kier alpha value is -2.88. The summed E-state index contributed by atoms with van der Waals surface area (Å²) < 4.78 is 12.0. The maximum absolute atomic E-state index is 13.6. The summed E-state index contributed by atoms with van der Waals surface area (Å²) in [6.07, 6.45) is 0. The van der Waals surface area contributed by atoms with Gasteiger partial charge in [0.25, 0.3) is 5.56 Å². The highest BCUT2D eigenvalue weighted by molar-refractivity contribution is 6.30. The van der Waals surface area contributed by atoms with Gasteiger partial charge in [-0.1, -0.05) is 17.7 Å². The number of morpholine rings is 1. The molecule has 174 valence electrons. The summed E-state index contributed by atoms with van der Waals surface area (Å²) in [4.78, 5) is 33.7. The lowest BCUT2D eigenvalue weighted by Gasteiger charge is -2.26. The molecule has 0 N–H and O–H groups in total. The summed E-state index contributed by atoms with van der Waals surface area (Å²) in [5.74, 6) is 0.586. The zero-order valence-corrected chi connectivity index (χ0v) is 20.0. The lowest BCUT2D eigenvalue weighted by molar-refractivity contribution is 0.0361. The summed E-state index contributed by atoms with van der Waals surface area (Å²) in [7, 11) is 1.67. The normalized spacial score (nSPS) is 15.2. The molecule has 0 aliphatic carbocycles. The zero-order valence-electron chi connectivity index (χ0n) is 19.3. The van der Waals surface area contributed by atoms with Crippen LogP contribution in [0.5, 0.6) is 0 Å². The van der Waals surface area contributed by atoms with Crippen LogP contribution in [0.15, 0.2) is 27.8 Å². The van der Waals surface area contributed by atoms with E-state index in [9.17, 15) is 9.59 Å². The number of ether oxygens (including phenoxy) is 1. The van der Waals surface area contributed by atoms with Gasteiger partial charge in [0.1, 0.15) is 0 Å². The summed E-state index contributed by atoms with van der Waals surface area (Å²) in [6, 6.07) is 5.70. The van der Waals surface area contributed by atoms with Crippen molar-refractivity contribution in [1.29, 1.82) is 0 Å². The van der Waals surface area contributed by atoms with Crippen LogP contribution in [0.2, 0.25) is 5.02 Å². The van der Waals surface area contributed by atoms with E-state index in [-0.39, 0.29) is 11.2 Å². The minimum Gasteiger partial charge on any atom is -0.379 e. The van der Waals surface area contributed by atoms with Gasteiger partial charge in [-0.05, 0) is 38.5 Å². The van der Waals surface area contributed by atoms with E-state index in [4.69, 9.17) is 21.3 Å². The van der Waals surface area contributed by atoms with Crippen LogP contribution >= 0.6 is 11.6 Å². The van der Waals surface area contributed by atoms with Crippen LogP contribution < -0.4 is 11.2 Å². The van der Waals surface area contributed by atoms with Crippen LogP contribution in [0, 0.1) is 20.8 Å². The average Bonchev–Trinajstić information content (AvgIpc) is 3.30. The van der Waals surface area contributed by atoms with Crippen molar-refractivity contribution in [3.63, 3.8) is 0 Å². The minimum atomic E-state index is -0.360. The Morgan fingerprint density at radius 3 is 2.52 bits per heavy atom. The number of halogens is 1. The molecule has 3 aromatic heterocycles. The third-order valence-electron chi connectivity index (χ3n) is 6.67. The van der Waals surface area contributed by atoms with E-state index >= 15 is 0 Å². The average molecular weight is 471 g/mol. The number of benzene rings is 1. The van der Waals surface area contributed by atoms with Crippen molar-refractivity contribution in [3.05, 3.63) is 61.0 Å². The van der Waals surface area contributed by atoms with Crippen molar-refractivity contribution in [1.82, 2.24) is 28.0 Å². The second-order valence-corrected chi connectivity index (χ2v) is 9.05. The fraction of sp³-hybridized carbons (Fsp3) is 0.435.